The van der Waals surface area contributed by atoms with Gasteiger partial charge in [0, 0.05) is 12.7 Å². The van der Waals surface area contributed by atoms with Gasteiger partial charge in [0.1, 0.15) is 5.84 Å². The molecule has 0 aliphatic carbocycles. The Balaban J connectivity index is 2.69. The minimum Gasteiger partial charge on any atom is -0.343 e. The van der Waals surface area contributed by atoms with Crippen LogP contribution in [0.2, 0.25) is 0 Å². The lowest BCUT2D eigenvalue weighted by Gasteiger charge is -2.10. The van der Waals surface area contributed by atoms with E-state index in [0.717, 1.165) is 11.5 Å². The summed E-state index contributed by atoms with van der Waals surface area (Å²) in [5.74, 6) is 1.01. The van der Waals surface area contributed by atoms with Crippen molar-refractivity contribution in [2.45, 2.75) is 10.8 Å². The number of anilines is 1. The van der Waals surface area contributed by atoms with E-state index in [0.29, 0.717) is 3.92 Å². The number of nitrogens with one attached hydrogen (secondary N) is 1. The summed E-state index contributed by atoms with van der Waals surface area (Å²) < 4.78 is 0.405. The van der Waals surface area contributed by atoms with Crippen LogP contribution < -0.4 is 5.32 Å². The van der Waals surface area contributed by atoms with Crippen molar-refractivity contribution < 1.29 is 0 Å². The van der Waals surface area contributed by atoms with Gasteiger partial charge in [-0.2, -0.15) is 0 Å². The van der Waals surface area contributed by atoms with Gasteiger partial charge >= 0.3 is 0 Å². The summed E-state index contributed by atoms with van der Waals surface area (Å²) in [7, 11) is 1.81. The number of alkyl halides is 1. The van der Waals surface area contributed by atoms with Gasteiger partial charge in [-0.15, -0.1) is 0 Å². The summed E-state index contributed by atoms with van der Waals surface area (Å²) in [6.45, 7) is 2.11. The highest BCUT2D eigenvalue weighted by Crippen LogP contribution is 2.09. The third-order valence-corrected chi connectivity index (χ3v) is 2.25. The monoisotopic (exact) mass is 288 g/mol. The summed E-state index contributed by atoms with van der Waals surface area (Å²) in [6, 6.07) is 10.1. The molecule has 0 amide bonds. The number of rotatable bonds is 2. The molecule has 13 heavy (non-hydrogen) atoms. The predicted molar refractivity (Wildman–Crippen MR) is 66.9 cm³/mol. The van der Waals surface area contributed by atoms with Gasteiger partial charge in [0.25, 0.3) is 0 Å². The van der Waals surface area contributed by atoms with Crippen molar-refractivity contribution in [1.82, 2.24) is 0 Å². The molecule has 0 bridgehead atoms. The molecule has 3 heteroatoms. The van der Waals surface area contributed by atoms with Crippen LogP contribution in [0.4, 0.5) is 5.69 Å². The summed E-state index contributed by atoms with van der Waals surface area (Å²) >= 11 is 2.34. The summed E-state index contributed by atoms with van der Waals surface area (Å²) in [6.07, 6.45) is 0. The molecule has 70 valence electrons. The van der Waals surface area contributed by atoms with Crippen LogP contribution in [0, 0.1) is 0 Å². The second-order valence-corrected chi connectivity index (χ2v) is 4.58. The Hall–Kier alpha value is -0.580. The standard InChI is InChI=1S/C10H13IN2/c1-8(11)10(12-2)13-9-6-4-3-5-7-9/h3-8H,1-2H3,(H,12,13). The summed E-state index contributed by atoms with van der Waals surface area (Å²) in [4.78, 5) is 4.18. The third-order valence-electron chi connectivity index (χ3n) is 1.66. The van der Waals surface area contributed by atoms with Crippen molar-refractivity contribution in [3.63, 3.8) is 0 Å². The number of aliphatic imine (C=N–C) groups is 1. The van der Waals surface area contributed by atoms with Gasteiger partial charge in [0.15, 0.2) is 0 Å². The van der Waals surface area contributed by atoms with E-state index in [1.54, 1.807) is 7.05 Å². The first-order valence-electron chi connectivity index (χ1n) is 4.17. The number of nitrogens with zero attached hydrogens (tertiary/aromatic N) is 1. The predicted octanol–water partition coefficient (Wildman–Crippen LogP) is 2.95. The largest absolute Gasteiger partial charge is 0.343 e. The fourth-order valence-electron chi connectivity index (χ4n) is 1.00. The van der Waals surface area contributed by atoms with E-state index in [-0.39, 0.29) is 0 Å². The molecular formula is C10H13IN2. The van der Waals surface area contributed by atoms with Crippen LogP contribution in [0.1, 0.15) is 6.92 Å². The van der Waals surface area contributed by atoms with Gasteiger partial charge in [0.2, 0.25) is 0 Å². The molecular weight excluding hydrogens is 275 g/mol. The molecule has 0 fully saturated rings. The van der Waals surface area contributed by atoms with E-state index in [1.165, 1.54) is 0 Å². The molecule has 0 saturated heterocycles. The fourth-order valence-corrected chi connectivity index (χ4v) is 1.44. The SMILES string of the molecule is CN=C(Nc1ccccc1)C(C)I. The fraction of sp³-hybridized carbons (Fsp3) is 0.300. The van der Waals surface area contributed by atoms with Crippen LogP contribution in [0.5, 0.6) is 0 Å². The smallest absolute Gasteiger partial charge is 0.113 e. The molecule has 0 aliphatic heterocycles. The zero-order valence-corrected chi connectivity index (χ0v) is 9.95. The van der Waals surface area contributed by atoms with Crippen LogP contribution in [-0.4, -0.2) is 16.8 Å². The number of halogens is 1. The van der Waals surface area contributed by atoms with E-state index in [4.69, 9.17) is 0 Å². The minimum absolute atomic E-state index is 0.405. The summed E-state index contributed by atoms with van der Waals surface area (Å²) in [5.41, 5.74) is 1.09. The molecule has 0 saturated carbocycles. The van der Waals surface area contributed by atoms with Crippen LogP contribution in [-0.2, 0) is 0 Å². The Morgan fingerprint density at radius 2 is 2.00 bits per heavy atom. The summed E-state index contributed by atoms with van der Waals surface area (Å²) in [5, 5.41) is 3.27. The maximum atomic E-state index is 4.18. The van der Waals surface area contributed by atoms with Crippen LogP contribution in [0.3, 0.4) is 0 Å². The number of amidine groups is 1. The zero-order valence-electron chi connectivity index (χ0n) is 7.79. The van der Waals surface area contributed by atoms with Crippen molar-refractivity contribution in [2.24, 2.45) is 4.99 Å². The highest BCUT2D eigenvalue weighted by molar-refractivity contribution is 14.1. The zero-order chi connectivity index (χ0) is 9.68. The van der Waals surface area contributed by atoms with E-state index < -0.39 is 0 Å². The molecule has 0 heterocycles. The van der Waals surface area contributed by atoms with E-state index >= 15 is 0 Å². The first-order chi connectivity index (χ1) is 6.24. The number of para-hydroxylation sites is 1. The van der Waals surface area contributed by atoms with Gasteiger partial charge < -0.3 is 5.32 Å². The Morgan fingerprint density at radius 3 is 2.46 bits per heavy atom. The Bertz CT molecular complexity index is 280. The van der Waals surface area contributed by atoms with E-state index in [9.17, 15) is 0 Å². The third kappa shape index (κ3) is 3.34. The Labute approximate surface area is 92.6 Å². The molecule has 0 spiro atoms. The first-order valence-corrected chi connectivity index (χ1v) is 5.41. The molecule has 1 atom stereocenters. The van der Waals surface area contributed by atoms with Crippen molar-refractivity contribution in [3.8, 4) is 0 Å². The Kier molecular flexibility index (Phi) is 4.21. The molecule has 2 nitrogen and oxygen atoms in total. The van der Waals surface area contributed by atoms with Crippen LogP contribution in [0.15, 0.2) is 35.3 Å². The highest BCUT2D eigenvalue weighted by atomic mass is 127. The molecule has 0 aromatic heterocycles. The van der Waals surface area contributed by atoms with Gasteiger partial charge in [-0.05, 0) is 19.1 Å². The van der Waals surface area contributed by atoms with Crippen molar-refractivity contribution in [3.05, 3.63) is 30.3 Å². The normalized spacial score (nSPS) is 13.9. The minimum atomic E-state index is 0.405. The van der Waals surface area contributed by atoms with E-state index in [2.05, 4.69) is 39.8 Å². The quantitative estimate of drug-likeness (QED) is 0.385. The van der Waals surface area contributed by atoms with Gasteiger partial charge in [-0.25, -0.2) is 0 Å². The van der Waals surface area contributed by atoms with Crippen molar-refractivity contribution in [2.75, 3.05) is 12.4 Å². The van der Waals surface area contributed by atoms with Crippen molar-refractivity contribution in [1.29, 1.82) is 0 Å². The lowest BCUT2D eigenvalue weighted by Crippen LogP contribution is -2.20. The first kappa shape index (κ1) is 10.5. The topological polar surface area (TPSA) is 24.4 Å². The second kappa shape index (κ2) is 5.21. The van der Waals surface area contributed by atoms with Crippen LogP contribution in [0.25, 0.3) is 0 Å². The average Bonchev–Trinajstić information content (AvgIpc) is 2.15. The molecule has 1 unspecified atom stereocenters. The average molecular weight is 288 g/mol. The molecule has 1 aromatic rings. The molecule has 0 aliphatic rings. The number of hydrogen-bond acceptors (Lipinski definition) is 1. The molecule has 1 rings (SSSR count). The van der Waals surface area contributed by atoms with E-state index in [1.807, 2.05) is 30.3 Å². The molecule has 1 N–H and O–H groups in total. The van der Waals surface area contributed by atoms with Gasteiger partial charge in [-0.1, -0.05) is 40.8 Å². The van der Waals surface area contributed by atoms with Gasteiger partial charge in [0.05, 0.1) is 3.92 Å². The lowest BCUT2D eigenvalue weighted by atomic mass is 10.3. The maximum absolute atomic E-state index is 4.18. The maximum Gasteiger partial charge on any atom is 0.113 e. The van der Waals surface area contributed by atoms with Crippen molar-refractivity contribution >= 4 is 34.1 Å². The van der Waals surface area contributed by atoms with Gasteiger partial charge in [-0.3, -0.25) is 4.99 Å². The Morgan fingerprint density at radius 1 is 1.38 bits per heavy atom. The number of hydrogen-bond donors (Lipinski definition) is 1. The molecule has 0 radical (unpaired) electrons. The lowest BCUT2D eigenvalue weighted by molar-refractivity contribution is 1.28. The molecule has 1 aromatic carbocycles. The highest BCUT2D eigenvalue weighted by Gasteiger charge is 2.04. The number of benzene rings is 1. The second-order valence-electron chi connectivity index (χ2n) is 2.72. The van der Waals surface area contributed by atoms with Crippen LogP contribution >= 0.6 is 22.6 Å².